The maximum Gasteiger partial charge on any atom is 0.293 e. The van der Waals surface area contributed by atoms with Crippen LogP contribution in [0.3, 0.4) is 0 Å². The number of benzene rings is 1. The van der Waals surface area contributed by atoms with Crippen molar-refractivity contribution in [1.29, 1.82) is 0 Å². The van der Waals surface area contributed by atoms with Crippen molar-refractivity contribution in [2.24, 2.45) is 0 Å². The lowest BCUT2D eigenvalue weighted by Crippen LogP contribution is -2.31. The molecule has 0 aliphatic carbocycles. The highest BCUT2D eigenvalue weighted by Gasteiger charge is 2.26. The maximum atomic E-state index is 12.8. The zero-order valence-electron chi connectivity index (χ0n) is 12.6. The van der Waals surface area contributed by atoms with E-state index in [1.807, 2.05) is 49.4 Å². The minimum absolute atomic E-state index is 0.0995. The summed E-state index contributed by atoms with van der Waals surface area (Å²) in [6, 6.07) is 13.0. The number of fused-ring (bicyclic) bond motifs is 1. The minimum atomic E-state index is -0.189. The standard InChI is InChI=1S/C17H17N3O2/c1-3-15(14-10-6-7-11-18-14)20(2)17(21)16-12-8-4-5-9-13(12)19-22-16/h4-11,15H,3H2,1-2H3/t15-/m0/s1. The third kappa shape index (κ3) is 2.45. The van der Waals surface area contributed by atoms with E-state index in [2.05, 4.69) is 10.1 Å². The first-order chi connectivity index (χ1) is 10.7. The van der Waals surface area contributed by atoms with Crippen LogP contribution in [0.5, 0.6) is 0 Å². The summed E-state index contributed by atoms with van der Waals surface area (Å²) in [4.78, 5) is 18.8. The van der Waals surface area contributed by atoms with Crippen molar-refractivity contribution in [2.45, 2.75) is 19.4 Å². The number of carbonyl (C=O) groups is 1. The molecule has 22 heavy (non-hydrogen) atoms. The van der Waals surface area contributed by atoms with Crippen LogP contribution in [-0.2, 0) is 0 Å². The molecule has 2 aromatic heterocycles. The fraction of sp³-hybridized carbons (Fsp3) is 0.235. The molecule has 3 aromatic rings. The van der Waals surface area contributed by atoms with Gasteiger partial charge in [-0.05, 0) is 30.7 Å². The molecule has 1 amide bonds. The van der Waals surface area contributed by atoms with Crippen LogP contribution in [0.1, 0.15) is 35.6 Å². The molecular weight excluding hydrogens is 278 g/mol. The van der Waals surface area contributed by atoms with Gasteiger partial charge >= 0.3 is 0 Å². The summed E-state index contributed by atoms with van der Waals surface area (Å²) in [5.41, 5.74) is 1.55. The Kier molecular flexibility index (Phi) is 3.87. The van der Waals surface area contributed by atoms with Gasteiger partial charge in [0.2, 0.25) is 5.76 Å². The summed E-state index contributed by atoms with van der Waals surface area (Å²) < 4.78 is 5.27. The molecule has 1 aromatic carbocycles. The molecule has 3 rings (SSSR count). The highest BCUT2D eigenvalue weighted by Crippen LogP contribution is 2.25. The number of aromatic nitrogens is 2. The predicted molar refractivity (Wildman–Crippen MR) is 83.4 cm³/mol. The fourth-order valence-electron chi connectivity index (χ4n) is 2.60. The van der Waals surface area contributed by atoms with E-state index in [0.29, 0.717) is 5.52 Å². The lowest BCUT2D eigenvalue weighted by molar-refractivity contribution is 0.0683. The molecule has 0 aliphatic heterocycles. The molecule has 0 bridgehead atoms. The molecule has 112 valence electrons. The van der Waals surface area contributed by atoms with Gasteiger partial charge in [-0.25, -0.2) is 0 Å². The van der Waals surface area contributed by atoms with Crippen LogP contribution in [0.2, 0.25) is 0 Å². The van der Waals surface area contributed by atoms with Gasteiger partial charge in [0.25, 0.3) is 5.91 Å². The summed E-state index contributed by atoms with van der Waals surface area (Å²) in [7, 11) is 1.77. The van der Waals surface area contributed by atoms with Gasteiger partial charge in [0.05, 0.1) is 17.1 Å². The molecule has 0 aliphatic rings. The van der Waals surface area contributed by atoms with Crippen molar-refractivity contribution >= 4 is 16.8 Å². The molecule has 1 atom stereocenters. The van der Waals surface area contributed by atoms with Gasteiger partial charge in [-0.15, -0.1) is 0 Å². The Balaban J connectivity index is 1.94. The van der Waals surface area contributed by atoms with Gasteiger partial charge in [0.15, 0.2) is 0 Å². The molecule has 5 nitrogen and oxygen atoms in total. The average molecular weight is 295 g/mol. The molecule has 0 unspecified atom stereocenters. The van der Waals surface area contributed by atoms with Crippen molar-refractivity contribution in [3.05, 3.63) is 60.1 Å². The second-order valence-electron chi connectivity index (χ2n) is 5.12. The van der Waals surface area contributed by atoms with Crippen LogP contribution in [-0.4, -0.2) is 28.0 Å². The Morgan fingerprint density at radius 3 is 2.73 bits per heavy atom. The first-order valence-electron chi connectivity index (χ1n) is 7.25. The van der Waals surface area contributed by atoms with Gasteiger partial charge in [-0.3, -0.25) is 9.78 Å². The lowest BCUT2D eigenvalue weighted by Gasteiger charge is -2.25. The number of hydrogen-bond acceptors (Lipinski definition) is 4. The third-order valence-electron chi connectivity index (χ3n) is 3.78. The van der Waals surface area contributed by atoms with E-state index in [4.69, 9.17) is 4.52 Å². The lowest BCUT2D eigenvalue weighted by atomic mass is 10.1. The van der Waals surface area contributed by atoms with Crippen molar-refractivity contribution in [2.75, 3.05) is 7.05 Å². The largest absolute Gasteiger partial charge is 0.350 e. The molecule has 0 saturated carbocycles. The summed E-state index contributed by atoms with van der Waals surface area (Å²) in [5, 5.41) is 4.67. The fourth-order valence-corrected chi connectivity index (χ4v) is 2.60. The van der Waals surface area contributed by atoms with Crippen LogP contribution < -0.4 is 0 Å². The zero-order valence-corrected chi connectivity index (χ0v) is 12.6. The van der Waals surface area contributed by atoms with E-state index in [-0.39, 0.29) is 17.7 Å². The topological polar surface area (TPSA) is 59.2 Å². The number of nitrogens with zero attached hydrogens (tertiary/aromatic N) is 3. The summed E-state index contributed by atoms with van der Waals surface area (Å²) in [6.07, 6.45) is 2.51. The molecule has 2 heterocycles. The monoisotopic (exact) mass is 295 g/mol. The van der Waals surface area contributed by atoms with Gasteiger partial charge in [0.1, 0.15) is 5.52 Å². The molecule has 0 fully saturated rings. The van der Waals surface area contributed by atoms with E-state index in [9.17, 15) is 4.79 Å². The van der Waals surface area contributed by atoms with E-state index in [0.717, 1.165) is 17.5 Å². The van der Waals surface area contributed by atoms with Crippen LogP contribution in [0, 0.1) is 0 Å². The SMILES string of the molecule is CC[C@@H](c1ccccn1)N(C)C(=O)c1onc2ccccc12. The highest BCUT2D eigenvalue weighted by atomic mass is 16.5. The summed E-state index contributed by atoms with van der Waals surface area (Å²) in [5.74, 6) is 0.0821. The third-order valence-corrected chi connectivity index (χ3v) is 3.78. The van der Waals surface area contributed by atoms with Gasteiger partial charge in [-0.1, -0.05) is 30.3 Å². The van der Waals surface area contributed by atoms with Crippen LogP contribution >= 0.6 is 0 Å². The number of pyridine rings is 1. The Morgan fingerprint density at radius 1 is 1.23 bits per heavy atom. The number of rotatable bonds is 4. The predicted octanol–water partition coefficient (Wildman–Crippen LogP) is 3.45. The first-order valence-corrected chi connectivity index (χ1v) is 7.25. The maximum absolute atomic E-state index is 12.8. The zero-order chi connectivity index (χ0) is 15.5. The highest BCUT2D eigenvalue weighted by molar-refractivity contribution is 6.03. The van der Waals surface area contributed by atoms with Gasteiger partial charge < -0.3 is 9.42 Å². The molecule has 5 heteroatoms. The van der Waals surface area contributed by atoms with Crippen molar-refractivity contribution in [1.82, 2.24) is 15.0 Å². The molecular formula is C17H17N3O2. The van der Waals surface area contributed by atoms with Crippen molar-refractivity contribution in [3.63, 3.8) is 0 Å². The molecule has 0 saturated heterocycles. The Labute approximate surface area is 128 Å². The number of carbonyl (C=O) groups excluding carboxylic acids is 1. The minimum Gasteiger partial charge on any atom is -0.350 e. The Morgan fingerprint density at radius 2 is 2.00 bits per heavy atom. The van der Waals surface area contributed by atoms with Gasteiger partial charge in [-0.2, -0.15) is 0 Å². The Hall–Kier alpha value is -2.69. The normalized spacial score (nSPS) is 12.3. The quantitative estimate of drug-likeness (QED) is 0.739. The number of amides is 1. The number of hydrogen-bond donors (Lipinski definition) is 0. The second kappa shape index (κ2) is 5.97. The van der Waals surface area contributed by atoms with Crippen LogP contribution in [0.4, 0.5) is 0 Å². The molecule has 0 radical (unpaired) electrons. The van der Waals surface area contributed by atoms with Crippen molar-refractivity contribution < 1.29 is 9.32 Å². The van der Waals surface area contributed by atoms with E-state index in [1.54, 1.807) is 18.1 Å². The van der Waals surface area contributed by atoms with Crippen LogP contribution in [0.15, 0.2) is 53.2 Å². The Bertz CT molecular complexity index is 783. The second-order valence-corrected chi connectivity index (χ2v) is 5.12. The molecule has 0 N–H and O–H groups in total. The van der Waals surface area contributed by atoms with E-state index < -0.39 is 0 Å². The molecule has 0 spiro atoms. The van der Waals surface area contributed by atoms with Gasteiger partial charge in [0, 0.05) is 13.2 Å². The average Bonchev–Trinajstić information content (AvgIpc) is 3.00. The van der Waals surface area contributed by atoms with E-state index in [1.165, 1.54) is 0 Å². The van der Waals surface area contributed by atoms with Crippen LogP contribution in [0.25, 0.3) is 10.9 Å². The van der Waals surface area contributed by atoms with Crippen molar-refractivity contribution in [3.8, 4) is 0 Å². The van der Waals surface area contributed by atoms with E-state index >= 15 is 0 Å². The smallest absolute Gasteiger partial charge is 0.293 e. The first kappa shape index (κ1) is 14.3. The summed E-state index contributed by atoms with van der Waals surface area (Å²) >= 11 is 0. The summed E-state index contributed by atoms with van der Waals surface area (Å²) in [6.45, 7) is 2.03.